The normalized spacial score (nSPS) is 21.0. The van der Waals surface area contributed by atoms with Crippen LogP contribution in [0.1, 0.15) is 174 Å². The first-order valence-corrected chi connectivity index (χ1v) is 23.0. The highest BCUT2D eigenvalue weighted by molar-refractivity contribution is 7.85. The molecule has 1 saturated heterocycles. The number of carbonyl (C=O) groups is 2. The molecule has 1 fully saturated rings. The Morgan fingerprint density at radius 2 is 1.07 bits per heavy atom. The Bertz CT molecular complexity index is 1130. The van der Waals surface area contributed by atoms with Crippen molar-refractivity contribution in [1.29, 1.82) is 0 Å². The van der Waals surface area contributed by atoms with E-state index in [0.717, 1.165) is 57.8 Å². The van der Waals surface area contributed by atoms with E-state index in [1.54, 1.807) is 0 Å². The topological polar surface area (TPSA) is 186 Å². The Morgan fingerprint density at radius 1 is 0.618 bits per heavy atom. The van der Waals surface area contributed by atoms with Gasteiger partial charge in [-0.1, -0.05) is 147 Å². The van der Waals surface area contributed by atoms with Gasteiger partial charge in [-0.15, -0.1) is 0 Å². The van der Waals surface area contributed by atoms with Crippen LogP contribution in [0.4, 0.5) is 0 Å². The van der Waals surface area contributed by atoms with Crippen LogP contribution < -0.4 is 0 Å². The fourth-order valence-corrected chi connectivity index (χ4v) is 7.12. The second kappa shape index (κ2) is 33.1. The molecule has 55 heavy (non-hydrogen) atoms. The molecule has 0 radical (unpaired) electrons. The predicted molar refractivity (Wildman–Crippen MR) is 215 cm³/mol. The average molecular weight is 805 g/mol. The summed E-state index contributed by atoms with van der Waals surface area (Å²) in [7, 11) is -4.60. The van der Waals surface area contributed by atoms with E-state index >= 15 is 0 Å². The van der Waals surface area contributed by atoms with Gasteiger partial charge < -0.3 is 34.3 Å². The molecule has 1 aliphatic heterocycles. The Balaban J connectivity index is 2.49. The molecular formula is C42H76O12S. The lowest BCUT2D eigenvalue weighted by Crippen LogP contribution is -2.60. The highest BCUT2D eigenvalue weighted by Gasteiger charge is 2.46. The number of hydrogen-bond donors (Lipinski definition) is 4. The summed E-state index contributed by atoms with van der Waals surface area (Å²) in [5.74, 6) is -2.00. The lowest BCUT2D eigenvalue weighted by Gasteiger charge is -2.40. The van der Waals surface area contributed by atoms with Crippen molar-refractivity contribution in [2.75, 3.05) is 19.0 Å². The van der Waals surface area contributed by atoms with Gasteiger partial charge in [0.15, 0.2) is 12.4 Å². The van der Waals surface area contributed by atoms with Gasteiger partial charge in [0.25, 0.3) is 10.1 Å². The number of ether oxygens (including phenoxy) is 4. The molecule has 2 unspecified atom stereocenters. The van der Waals surface area contributed by atoms with Crippen LogP contribution in [0, 0.1) is 0 Å². The smallest absolute Gasteiger partial charge is 0.306 e. The molecular weight excluding hydrogens is 729 g/mol. The fourth-order valence-electron chi connectivity index (χ4n) is 6.43. The van der Waals surface area contributed by atoms with E-state index in [1.165, 1.54) is 77.0 Å². The molecule has 0 spiro atoms. The van der Waals surface area contributed by atoms with Crippen LogP contribution >= 0.6 is 0 Å². The van der Waals surface area contributed by atoms with E-state index in [-0.39, 0.29) is 19.4 Å². The number of aliphatic hydroxyl groups is 3. The van der Waals surface area contributed by atoms with Crippen LogP contribution in [0.3, 0.4) is 0 Å². The number of aliphatic hydroxyl groups excluding tert-OH is 3. The van der Waals surface area contributed by atoms with Gasteiger partial charge in [-0.25, -0.2) is 0 Å². The van der Waals surface area contributed by atoms with Crippen LogP contribution in [0.15, 0.2) is 24.3 Å². The van der Waals surface area contributed by atoms with Crippen molar-refractivity contribution in [2.24, 2.45) is 0 Å². The van der Waals surface area contributed by atoms with Crippen LogP contribution in [0.5, 0.6) is 0 Å². The van der Waals surface area contributed by atoms with E-state index < -0.39 is 71.2 Å². The van der Waals surface area contributed by atoms with Gasteiger partial charge in [-0.05, 0) is 38.5 Å². The van der Waals surface area contributed by atoms with Crippen molar-refractivity contribution in [2.45, 2.75) is 211 Å². The predicted octanol–water partition coefficient (Wildman–Crippen LogP) is 8.06. The second-order valence-corrected chi connectivity index (χ2v) is 16.5. The first-order valence-electron chi connectivity index (χ1n) is 21.4. The first-order chi connectivity index (χ1) is 26.5. The van der Waals surface area contributed by atoms with Gasteiger partial charge in [0, 0.05) is 12.8 Å². The monoisotopic (exact) mass is 805 g/mol. The summed E-state index contributed by atoms with van der Waals surface area (Å²) in [6.45, 7) is 3.71. The summed E-state index contributed by atoms with van der Waals surface area (Å²) in [6, 6.07) is 0. The number of hydrogen-bond acceptors (Lipinski definition) is 11. The van der Waals surface area contributed by atoms with E-state index in [9.17, 15) is 37.9 Å². The zero-order valence-electron chi connectivity index (χ0n) is 34.0. The molecule has 4 N–H and O–H groups in total. The Morgan fingerprint density at radius 3 is 1.58 bits per heavy atom. The van der Waals surface area contributed by atoms with Crippen LogP contribution in [0.2, 0.25) is 0 Å². The fraction of sp³-hybridized carbons (Fsp3) is 0.857. The first kappa shape index (κ1) is 51.1. The second-order valence-electron chi connectivity index (χ2n) is 15.0. The molecule has 0 bridgehead atoms. The van der Waals surface area contributed by atoms with Gasteiger partial charge in [0.05, 0.1) is 6.61 Å². The van der Waals surface area contributed by atoms with Crippen LogP contribution in [-0.4, -0.2) is 96.0 Å². The summed E-state index contributed by atoms with van der Waals surface area (Å²) >= 11 is 0. The van der Waals surface area contributed by atoms with E-state index in [4.69, 9.17) is 18.9 Å². The van der Waals surface area contributed by atoms with Gasteiger partial charge >= 0.3 is 11.9 Å². The third-order valence-electron chi connectivity index (χ3n) is 9.81. The Hall–Kier alpha value is -1.87. The van der Waals surface area contributed by atoms with Crippen molar-refractivity contribution < 1.29 is 56.8 Å². The summed E-state index contributed by atoms with van der Waals surface area (Å²) < 4.78 is 53.9. The molecule has 0 aliphatic carbocycles. The van der Waals surface area contributed by atoms with E-state index in [1.807, 2.05) is 0 Å². The summed E-state index contributed by atoms with van der Waals surface area (Å²) in [5, 5.41) is 30.8. The third kappa shape index (κ3) is 28.2. The van der Waals surface area contributed by atoms with E-state index in [2.05, 4.69) is 38.2 Å². The number of esters is 2. The molecule has 0 saturated carbocycles. The molecule has 0 amide bonds. The largest absolute Gasteiger partial charge is 0.462 e. The molecule has 12 nitrogen and oxygen atoms in total. The molecule has 13 heteroatoms. The van der Waals surface area contributed by atoms with Crippen molar-refractivity contribution in [3.63, 3.8) is 0 Å². The lowest BCUT2D eigenvalue weighted by atomic mass is 10.00. The molecule has 0 aromatic heterocycles. The maximum Gasteiger partial charge on any atom is 0.306 e. The SMILES string of the molecule is CCCCCC/C=C/C=C/CCCCCCCC(=O)O[C@H](COC(=O)CCCCCCCCCCCCCC)CO[C@H]1O[C@H](CS(=O)(=O)O)[C@@H](O)C(O)C1O. The zero-order chi connectivity index (χ0) is 40.6. The van der Waals surface area contributed by atoms with Crippen molar-refractivity contribution in [1.82, 2.24) is 0 Å². The summed E-state index contributed by atoms with van der Waals surface area (Å²) in [4.78, 5) is 25.3. The minimum atomic E-state index is -4.60. The minimum absolute atomic E-state index is 0.149. The maximum absolute atomic E-state index is 12.8. The molecule has 0 aromatic rings. The van der Waals surface area contributed by atoms with Crippen molar-refractivity contribution in [3.8, 4) is 0 Å². The molecule has 1 aliphatic rings. The third-order valence-corrected chi connectivity index (χ3v) is 10.6. The van der Waals surface area contributed by atoms with Gasteiger partial charge in [-0.3, -0.25) is 14.1 Å². The van der Waals surface area contributed by atoms with Gasteiger partial charge in [0.2, 0.25) is 0 Å². The Kier molecular flexibility index (Phi) is 30.8. The van der Waals surface area contributed by atoms with Gasteiger partial charge in [0.1, 0.15) is 36.8 Å². The summed E-state index contributed by atoms with van der Waals surface area (Å²) in [5.41, 5.74) is 0. The Labute approximate surface area is 332 Å². The zero-order valence-corrected chi connectivity index (χ0v) is 34.9. The average Bonchev–Trinajstić information content (AvgIpc) is 3.14. The maximum atomic E-state index is 12.8. The molecule has 322 valence electrons. The quantitative estimate of drug-likeness (QED) is 0.0209. The molecule has 1 heterocycles. The summed E-state index contributed by atoms with van der Waals surface area (Å²) in [6.07, 6.45) is 25.1. The van der Waals surface area contributed by atoms with Crippen LogP contribution in [-0.2, 0) is 38.7 Å². The van der Waals surface area contributed by atoms with Crippen molar-refractivity contribution in [3.05, 3.63) is 24.3 Å². The molecule has 0 aromatic carbocycles. The van der Waals surface area contributed by atoms with Crippen molar-refractivity contribution >= 4 is 22.1 Å². The number of allylic oxidation sites excluding steroid dienone is 4. The minimum Gasteiger partial charge on any atom is -0.462 e. The number of unbranched alkanes of at least 4 members (excludes halogenated alkanes) is 20. The highest BCUT2D eigenvalue weighted by atomic mass is 32.2. The lowest BCUT2D eigenvalue weighted by molar-refractivity contribution is -0.297. The number of rotatable bonds is 35. The standard InChI is InChI=1S/C42H76O12S/c1-3-5-7-9-11-13-15-17-18-19-21-23-25-27-29-31-38(44)53-35(33-52-42-41(47)40(46)39(45)36(54-42)34-55(48,49)50)32-51-37(43)30-28-26-24-22-20-16-14-12-10-8-6-4-2/h13,15,17-18,35-36,39-42,45-47H,3-12,14,16,19-34H2,1-2H3,(H,48,49,50)/b15-13+,18-17+/t35-,36-,39-,40?,41?,42+/m1/s1. The van der Waals surface area contributed by atoms with Crippen LogP contribution in [0.25, 0.3) is 0 Å². The highest BCUT2D eigenvalue weighted by Crippen LogP contribution is 2.24. The molecule has 1 rings (SSSR count). The van der Waals surface area contributed by atoms with E-state index in [0.29, 0.717) is 12.8 Å². The van der Waals surface area contributed by atoms with Gasteiger partial charge in [-0.2, -0.15) is 8.42 Å². The molecule has 6 atom stereocenters. The number of carbonyl (C=O) groups excluding carboxylic acids is 2.